The van der Waals surface area contributed by atoms with E-state index >= 15 is 0 Å². The molecule has 1 aromatic rings. The van der Waals surface area contributed by atoms with Gasteiger partial charge in [0.2, 0.25) is 5.91 Å². The van der Waals surface area contributed by atoms with Crippen LogP contribution in [0.15, 0.2) is 18.2 Å². The molecule has 1 aliphatic rings. The Labute approximate surface area is 100 Å². The number of halogens is 3. The van der Waals surface area contributed by atoms with E-state index in [0.29, 0.717) is 4.31 Å². The van der Waals surface area contributed by atoms with Gasteiger partial charge in [0, 0.05) is 10.7 Å². The first-order valence-corrected chi connectivity index (χ1v) is 6.79. The summed E-state index contributed by atoms with van der Waals surface area (Å²) in [5, 5.41) is 0. The predicted molar refractivity (Wildman–Crippen MR) is 55.3 cm³/mol. The van der Waals surface area contributed by atoms with E-state index in [0.717, 1.165) is 12.1 Å². The zero-order valence-corrected chi connectivity index (χ0v) is 9.80. The van der Waals surface area contributed by atoms with Gasteiger partial charge in [0.1, 0.15) is 0 Å². The van der Waals surface area contributed by atoms with Gasteiger partial charge in [-0.25, -0.2) is 13.1 Å². The summed E-state index contributed by atoms with van der Waals surface area (Å²) in [4.78, 5) is 11.1. The quantitative estimate of drug-likeness (QED) is 0.613. The van der Waals surface area contributed by atoms with E-state index in [1.54, 1.807) is 0 Å². The van der Waals surface area contributed by atoms with Gasteiger partial charge in [-0.15, -0.1) is 0 Å². The second-order valence-electron chi connectivity index (χ2n) is 3.53. The van der Waals surface area contributed by atoms with Crippen LogP contribution in [0.5, 0.6) is 0 Å². The molecule has 0 aliphatic carbocycles. The minimum Gasteiger partial charge on any atom is -0.274 e. The Bertz CT molecular complexity index is 590. The summed E-state index contributed by atoms with van der Waals surface area (Å²) in [6.45, 7) is 0. The minimum atomic E-state index is -4.20. The van der Waals surface area contributed by atoms with E-state index in [1.807, 2.05) is 0 Å². The van der Waals surface area contributed by atoms with Gasteiger partial charge in [-0.3, -0.25) is 4.79 Å². The number of nitrogens with zero attached hydrogens (tertiary/aromatic N) is 1. The smallest absolute Gasteiger partial charge is 0.274 e. The fraction of sp³-hybridized carbons (Fsp3) is 0.222. The standard InChI is InChI=1S/C9H6ClF2NO3S/c10-17(15,16)13-8(4-9(13)14)5-1-2-6(11)7(12)3-5/h1-3,8H,4H2. The molecule has 0 aromatic heterocycles. The number of carbonyl (C=O) groups excluding carboxylic acids is 1. The second kappa shape index (κ2) is 3.92. The number of benzene rings is 1. The predicted octanol–water partition coefficient (Wildman–Crippen LogP) is 1.72. The van der Waals surface area contributed by atoms with E-state index in [9.17, 15) is 22.0 Å². The zero-order chi connectivity index (χ0) is 12.8. The lowest BCUT2D eigenvalue weighted by Gasteiger charge is -2.37. The number of carbonyl (C=O) groups is 1. The minimum absolute atomic E-state index is 0.100. The van der Waals surface area contributed by atoms with Crippen LogP contribution in [-0.4, -0.2) is 18.6 Å². The van der Waals surface area contributed by atoms with Crippen LogP contribution in [0.25, 0.3) is 0 Å². The number of hydrogen-bond acceptors (Lipinski definition) is 3. The fourth-order valence-electron chi connectivity index (χ4n) is 1.65. The summed E-state index contributed by atoms with van der Waals surface area (Å²) in [5.41, 5.74) is 0.188. The van der Waals surface area contributed by atoms with E-state index in [1.165, 1.54) is 6.07 Å². The van der Waals surface area contributed by atoms with E-state index in [2.05, 4.69) is 0 Å². The molecule has 1 fully saturated rings. The third kappa shape index (κ3) is 2.12. The number of β-lactam (4-membered cyclic amide) rings is 1. The monoisotopic (exact) mass is 281 g/mol. The Morgan fingerprint density at radius 1 is 1.29 bits per heavy atom. The molecule has 1 saturated heterocycles. The molecule has 1 aromatic carbocycles. The largest absolute Gasteiger partial charge is 0.324 e. The van der Waals surface area contributed by atoms with Crippen LogP contribution < -0.4 is 0 Å². The molecule has 1 atom stereocenters. The van der Waals surface area contributed by atoms with Crippen LogP contribution >= 0.6 is 10.7 Å². The van der Waals surface area contributed by atoms with E-state index < -0.39 is 32.8 Å². The molecule has 0 bridgehead atoms. The molecule has 0 N–H and O–H groups in total. The van der Waals surface area contributed by atoms with Gasteiger partial charge in [-0.1, -0.05) is 6.07 Å². The van der Waals surface area contributed by atoms with Crippen molar-refractivity contribution in [2.24, 2.45) is 0 Å². The van der Waals surface area contributed by atoms with Crippen LogP contribution in [0, 0.1) is 11.6 Å². The van der Waals surface area contributed by atoms with Gasteiger partial charge in [-0.05, 0) is 17.7 Å². The third-order valence-corrected chi connectivity index (χ3v) is 3.83. The van der Waals surface area contributed by atoms with Crippen LogP contribution in [0.3, 0.4) is 0 Å². The Hall–Kier alpha value is -1.21. The van der Waals surface area contributed by atoms with Crippen LogP contribution in [-0.2, 0) is 14.0 Å². The highest BCUT2D eigenvalue weighted by atomic mass is 35.7. The fourth-order valence-corrected chi connectivity index (χ4v) is 2.98. The molecular weight excluding hydrogens is 276 g/mol. The third-order valence-electron chi connectivity index (χ3n) is 2.46. The number of amides is 1. The SMILES string of the molecule is O=C1CC(c2ccc(F)c(F)c2)N1S(=O)(=O)Cl. The van der Waals surface area contributed by atoms with Crippen molar-refractivity contribution in [2.45, 2.75) is 12.5 Å². The Kier molecular flexibility index (Phi) is 2.82. The highest BCUT2D eigenvalue weighted by Gasteiger charge is 2.44. The van der Waals surface area contributed by atoms with Gasteiger partial charge in [0.15, 0.2) is 11.6 Å². The highest BCUT2D eigenvalue weighted by molar-refractivity contribution is 8.12. The topological polar surface area (TPSA) is 54.5 Å². The zero-order valence-electron chi connectivity index (χ0n) is 8.23. The summed E-state index contributed by atoms with van der Waals surface area (Å²) in [5.74, 6) is -2.82. The molecule has 0 saturated carbocycles. The van der Waals surface area contributed by atoms with E-state index in [-0.39, 0.29) is 12.0 Å². The molecule has 1 amide bonds. The van der Waals surface area contributed by atoms with Crippen LogP contribution in [0.4, 0.5) is 8.78 Å². The lowest BCUT2D eigenvalue weighted by Crippen LogP contribution is -2.47. The van der Waals surface area contributed by atoms with Crippen LogP contribution in [0.2, 0.25) is 0 Å². The first-order valence-electron chi connectivity index (χ1n) is 4.52. The Balaban J connectivity index is 2.36. The maximum absolute atomic E-state index is 13.0. The van der Waals surface area contributed by atoms with Crippen molar-refractivity contribution in [3.8, 4) is 0 Å². The molecule has 0 spiro atoms. The van der Waals surface area contributed by atoms with Gasteiger partial charge in [-0.2, -0.15) is 8.42 Å². The molecular formula is C9H6ClF2NO3S. The molecule has 8 heteroatoms. The van der Waals surface area contributed by atoms with Crippen molar-refractivity contribution in [3.63, 3.8) is 0 Å². The Morgan fingerprint density at radius 3 is 2.41 bits per heavy atom. The maximum Gasteiger partial charge on any atom is 0.324 e. The molecule has 1 unspecified atom stereocenters. The molecule has 4 nitrogen and oxygen atoms in total. The maximum atomic E-state index is 13.0. The van der Waals surface area contributed by atoms with Crippen molar-refractivity contribution >= 4 is 25.8 Å². The summed E-state index contributed by atoms with van der Waals surface area (Å²) in [7, 11) is 0.859. The van der Waals surface area contributed by atoms with Crippen molar-refractivity contribution in [2.75, 3.05) is 0 Å². The van der Waals surface area contributed by atoms with Crippen molar-refractivity contribution in [1.82, 2.24) is 4.31 Å². The van der Waals surface area contributed by atoms with Crippen molar-refractivity contribution in [1.29, 1.82) is 0 Å². The van der Waals surface area contributed by atoms with Gasteiger partial charge in [0.05, 0.1) is 12.5 Å². The van der Waals surface area contributed by atoms with Gasteiger partial charge in [0.25, 0.3) is 0 Å². The lowest BCUT2D eigenvalue weighted by molar-refractivity contribution is -0.137. The summed E-state index contributed by atoms with van der Waals surface area (Å²) in [6, 6.07) is 2.07. The summed E-state index contributed by atoms with van der Waals surface area (Å²) in [6.07, 6.45) is -0.100. The number of rotatable bonds is 2. The Morgan fingerprint density at radius 2 is 1.94 bits per heavy atom. The van der Waals surface area contributed by atoms with Gasteiger partial charge >= 0.3 is 9.24 Å². The average molecular weight is 282 g/mol. The lowest BCUT2D eigenvalue weighted by atomic mass is 9.97. The normalized spacial score (nSPS) is 20.3. The molecule has 1 aliphatic heterocycles. The molecule has 92 valence electrons. The first kappa shape index (κ1) is 12.3. The first-order chi connectivity index (χ1) is 7.80. The average Bonchev–Trinajstić information content (AvgIpc) is 2.16. The number of hydrogen-bond donors (Lipinski definition) is 0. The van der Waals surface area contributed by atoms with Crippen molar-refractivity contribution < 1.29 is 22.0 Å². The van der Waals surface area contributed by atoms with Gasteiger partial charge < -0.3 is 0 Å². The van der Waals surface area contributed by atoms with E-state index in [4.69, 9.17) is 10.7 Å². The summed E-state index contributed by atoms with van der Waals surface area (Å²) < 4.78 is 48.2. The molecule has 2 rings (SSSR count). The molecule has 0 radical (unpaired) electrons. The molecule has 1 heterocycles. The van der Waals surface area contributed by atoms with Crippen LogP contribution in [0.1, 0.15) is 18.0 Å². The second-order valence-corrected chi connectivity index (χ2v) is 5.91. The highest BCUT2D eigenvalue weighted by Crippen LogP contribution is 2.38. The molecule has 17 heavy (non-hydrogen) atoms. The summed E-state index contributed by atoms with van der Waals surface area (Å²) >= 11 is 0. The van der Waals surface area contributed by atoms with Crippen molar-refractivity contribution in [3.05, 3.63) is 35.4 Å².